The highest BCUT2D eigenvalue weighted by atomic mass is 16.5. The van der Waals surface area contributed by atoms with Crippen LogP contribution in [-0.4, -0.2) is 50.1 Å². The number of hydrogen-bond acceptors (Lipinski definition) is 4. The largest absolute Gasteiger partial charge is 0.381 e. The summed E-state index contributed by atoms with van der Waals surface area (Å²) < 4.78 is 5.32. The molecule has 0 aromatic heterocycles. The van der Waals surface area contributed by atoms with Crippen LogP contribution in [0.1, 0.15) is 18.4 Å². The average molecular weight is 319 g/mol. The molecule has 1 aromatic carbocycles. The van der Waals surface area contributed by atoms with Crippen LogP contribution in [0.15, 0.2) is 30.3 Å². The van der Waals surface area contributed by atoms with Gasteiger partial charge in [-0.1, -0.05) is 30.3 Å². The Morgan fingerprint density at radius 1 is 1.26 bits per heavy atom. The fourth-order valence-corrected chi connectivity index (χ4v) is 2.81. The molecule has 0 spiro atoms. The minimum absolute atomic E-state index is 0.0360. The number of ether oxygens (including phenoxy) is 1. The molecular weight excluding hydrogens is 294 g/mol. The van der Waals surface area contributed by atoms with Crippen LogP contribution >= 0.6 is 0 Å². The van der Waals surface area contributed by atoms with Gasteiger partial charge in [-0.2, -0.15) is 0 Å². The number of carbonyl (C=O) groups is 2. The fraction of sp³-hybridized carbons (Fsp3) is 0.529. The van der Waals surface area contributed by atoms with Crippen molar-refractivity contribution in [2.45, 2.75) is 19.4 Å². The van der Waals surface area contributed by atoms with E-state index in [0.717, 1.165) is 5.56 Å². The average Bonchev–Trinajstić information content (AvgIpc) is 2.60. The number of nitrogens with zero attached hydrogens (tertiary/aromatic N) is 1. The molecule has 1 saturated heterocycles. The molecule has 0 saturated carbocycles. The summed E-state index contributed by atoms with van der Waals surface area (Å²) in [7, 11) is 1.65. The number of rotatable bonds is 6. The summed E-state index contributed by atoms with van der Waals surface area (Å²) in [6.45, 7) is 1.85. The highest BCUT2D eigenvalue weighted by Gasteiger charge is 2.40. The number of amides is 2. The van der Waals surface area contributed by atoms with Crippen LogP contribution in [0.3, 0.4) is 0 Å². The summed E-state index contributed by atoms with van der Waals surface area (Å²) in [5, 5.41) is 2.83. The van der Waals surface area contributed by atoms with Gasteiger partial charge in [0.05, 0.1) is 12.0 Å². The van der Waals surface area contributed by atoms with E-state index in [9.17, 15) is 9.59 Å². The standard InChI is InChI=1S/C17H25N3O3/c1-20(16(22)17(13-18)7-9-23-10-8-17)12-15(21)19-11-14-5-3-2-4-6-14/h2-6H,7-13,18H2,1H3,(H,19,21). The molecule has 1 fully saturated rings. The first-order valence-electron chi connectivity index (χ1n) is 7.91. The van der Waals surface area contributed by atoms with Gasteiger partial charge in [0.25, 0.3) is 0 Å². The Morgan fingerprint density at radius 2 is 1.91 bits per heavy atom. The molecule has 1 aliphatic heterocycles. The van der Waals surface area contributed by atoms with Gasteiger partial charge in [-0.3, -0.25) is 9.59 Å². The lowest BCUT2D eigenvalue weighted by atomic mass is 9.79. The maximum atomic E-state index is 12.7. The van der Waals surface area contributed by atoms with Crippen LogP contribution in [-0.2, 0) is 20.9 Å². The minimum atomic E-state index is -0.591. The van der Waals surface area contributed by atoms with Gasteiger partial charge in [0.15, 0.2) is 0 Å². The van der Waals surface area contributed by atoms with Crippen LogP contribution in [0.25, 0.3) is 0 Å². The van der Waals surface area contributed by atoms with Crippen molar-refractivity contribution in [3.05, 3.63) is 35.9 Å². The van der Waals surface area contributed by atoms with Crippen molar-refractivity contribution in [3.63, 3.8) is 0 Å². The van der Waals surface area contributed by atoms with E-state index in [2.05, 4.69) is 5.32 Å². The lowest BCUT2D eigenvalue weighted by Gasteiger charge is -2.37. The first kappa shape index (κ1) is 17.4. The molecule has 0 unspecified atom stereocenters. The molecule has 2 rings (SSSR count). The van der Waals surface area contributed by atoms with Crippen molar-refractivity contribution in [2.24, 2.45) is 11.1 Å². The smallest absolute Gasteiger partial charge is 0.239 e. The van der Waals surface area contributed by atoms with Crippen molar-refractivity contribution in [1.82, 2.24) is 10.2 Å². The zero-order valence-corrected chi connectivity index (χ0v) is 13.6. The molecule has 0 atom stereocenters. The van der Waals surface area contributed by atoms with Crippen molar-refractivity contribution < 1.29 is 14.3 Å². The molecule has 0 radical (unpaired) electrons. The maximum absolute atomic E-state index is 12.7. The van der Waals surface area contributed by atoms with Crippen molar-refractivity contribution in [3.8, 4) is 0 Å². The molecule has 23 heavy (non-hydrogen) atoms. The van der Waals surface area contributed by atoms with E-state index in [0.29, 0.717) is 32.6 Å². The summed E-state index contributed by atoms with van der Waals surface area (Å²) in [6, 6.07) is 9.67. The topological polar surface area (TPSA) is 84.7 Å². The number of hydrogen-bond donors (Lipinski definition) is 2. The summed E-state index contributed by atoms with van der Waals surface area (Å²) in [5.41, 5.74) is 6.27. The molecule has 6 heteroatoms. The summed E-state index contributed by atoms with van der Waals surface area (Å²) in [5.74, 6) is -0.248. The lowest BCUT2D eigenvalue weighted by molar-refractivity contribution is -0.148. The van der Waals surface area contributed by atoms with Crippen LogP contribution in [0.4, 0.5) is 0 Å². The van der Waals surface area contributed by atoms with Gasteiger partial charge >= 0.3 is 0 Å². The molecule has 6 nitrogen and oxygen atoms in total. The normalized spacial score (nSPS) is 16.6. The van der Waals surface area contributed by atoms with Gasteiger partial charge < -0.3 is 20.7 Å². The molecule has 1 aromatic rings. The SMILES string of the molecule is CN(CC(=O)NCc1ccccc1)C(=O)C1(CN)CCOCC1. The third-order valence-electron chi connectivity index (χ3n) is 4.35. The van der Waals surface area contributed by atoms with E-state index >= 15 is 0 Å². The van der Waals surface area contributed by atoms with Crippen molar-refractivity contribution in [2.75, 3.05) is 33.4 Å². The Kier molecular flexibility index (Phi) is 6.12. The summed E-state index contributed by atoms with van der Waals surface area (Å²) in [6.07, 6.45) is 1.22. The highest BCUT2D eigenvalue weighted by molar-refractivity contribution is 5.88. The predicted molar refractivity (Wildman–Crippen MR) is 87.5 cm³/mol. The molecule has 0 bridgehead atoms. The molecule has 3 N–H and O–H groups in total. The Morgan fingerprint density at radius 3 is 2.52 bits per heavy atom. The quantitative estimate of drug-likeness (QED) is 0.800. The van der Waals surface area contributed by atoms with E-state index in [1.807, 2.05) is 30.3 Å². The van der Waals surface area contributed by atoms with E-state index in [4.69, 9.17) is 10.5 Å². The van der Waals surface area contributed by atoms with Crippen LogP contribution < -0.4 is 11.1 Å². The van der Waals surface area contributed by atoms with Gasteiger partial charge in [-0.25, -0.2) is 0 Å². The number of likely N-dealkylation sites (N-methyl/N-ethyl adjacent to an activating group) is 1. The third-order valence-corrected chi connectivity index (χ3v) is 4.35. The van der Waals surface area contributed by atoms with Crippen molar-refractivity contribution in [1.29, 1.82) is 0 Å². The fourth-order valence-electron chi connectivity index (χ4n) is 2.81. The van der Waals surface area contributed by atoms with Crippen LogP contribution in [0.5, 0.6) is 0 Å². The molecule has 2 amide bonds. The van der Waals surface area contributed by atoms with Crippen LogP contribution in [0, 0.1) is 5.41 Å². The van der Waals surface area contributed by atoms with E-state index < -0.39 is 5.41 Å². The Hall–Kier alpha value is -1.92. The minimum Gasteiger partial charge on any atom is -0.381 e. The molecule has 1 aliphatic rings. The molecule has 126 valence electrons. The Bertz CT molecular complexity index is 527. The number of nitrogens with one attached hydrogen (secondary N) is 1. The highest BCUT2D eigenvalue weighted by Crippen LogP contribution is 2.31. The van der Waals surface area contributed by atoms with E-state index in [-0.39, 0.29) is 24.9 Å². The lowest BCUT2D eigenvalue weighted by Crippen LogP contribution is -2.51. The summed E-state index contributed by atoms with van der Waals surface area (Å²) >= 11 is 0. The van der Waals surface area contributed by atoms with Gasteiger partial charge in [-0.15, -0.1) is 0 Å². The summed E-state index contributed by atoms with van der Waals surface area (Å²) in [4.78, 5) is 26.2. The second-order valence-corrected chi connectivity index (χ2v) is 6.02. The number of carbonyl (C=O) groups excluding carboxylic acids is 2. The second-order valence-electron chi connectivity index (χ2n) is 6.02. The molecule has 1 heterocycles. The van der Waals surface area contributed by atoms with Crippen LogP contribution in [0.2, 0.25) is 0 Å². The van der Waals surface area contributed by atoms with Gasteiger partial charge in [-0.05, 0) is 18.4 Å². The van der Waals surface area contributed by atoms with Crippen molar-refractivity contribution >= 4 is 11.8 Å². The zero-order chi connectivity index (χ0) is 16.7. The second kappa shape index (κ2) is 8.08. The molecule has 0 aliphatic carbocycles. The first-order valence-corrected chi connectivity index (χ1v) is 7.91. The Balaban J connectivity index is 1.86. The third kappa shape index (κ3) is 4.53. The Labute approximate surface area is 137 Å². The molecular formula is C17H25N3O3. The monoisotopic (exact) mass is 319 g/mol. The number of nitrogens with two attached hydrogens (primary N) is 1. The maximum Gasteiger partial charge on any atom is 0.239 e. The van der Waals surface area contributed by atoms with E-state index in [1.165, 1.54) is 4.90 Å². The van der Waals surface area contributed by atoms with Gasteiger partial charge in [0.2, 0.25) is 11.8 Å². The predicted octanol–water partition coefficient (Wildman–Crippen LogP) is 0.517. The number of benzene rings is 1. The van der Waals surface area contributed by atoms with Gasteiger partial charge in [0, 0.05) is 33.4 Å². The first-order chi connectivity index (χ1) is 11.1. The van der Waals surface area contributed by atoms with Gasteiger partial charge in [0.1, 0.15) is 0 Å². The zero-order valence-electron chi connectivity index (χ0n) is 13.6. The van der Waals surface area contributed by atoms with E-state index in [1.54, 1.807) is 7.05 Å².